The molecule has 5 heteroatoms. The molecule has 0 amide bonds. The van der Waals surface area contributed by atoms with Crippen molar-refractivity contribution in [1.82, 2.24) is 0 Å². The topological polar surface area (TPSA) is 84.1 Å². The van der Waals surface area contributed by atoms with Crippen LogP contribution >= 0.6 is 0 Å². The van der Waals surface area contributed by atoms with Crippen molar-refractivity contribution in [2.75, 3.05) is 0 Å². The molecule has 0 atom stereocenters. The van der Waals surface area contributed by atoms with Gasteiger partial charge in [0.1, 0.15) is 11.5 Å². The number of rotatable bonds is 4. The second kappa shape index (κ2) is 8.78. The molecule has 5 nitrogen and oxygen atoms in total. The minimum Gasteiger partial charge on any atom is -0.423 e. The molecule has 0 unspecified atom stereocenters. The fourth-order valence-electron chi connectivity index (χ4n) is 2.29. The van der Waals surface area contributed by atoms with Crippen LogP contribution in [0, 0.1) is 13.8 Å². The van der Waals surface area contributed by atoms with E-state index in [1.807, 2.05) is 38.1 Å². The number of carbonyl (C=O) groups excluding carboxylic acids is 2. The molecule has 0 aromatic heterocycles. The molecule has 0 spiro atoms. The zero-order valence-corrected chi connectivity index (χ0v) is 15.1. The van der Waals surface area contributed by atoms with E-state index in [2.05, 4.69) is 0 Å². The summed E-state index contributed by atoms with van der Waals surface area (Å²) in [5, 5.41) is 0. The van der Waals surface area contributed by atoms with Gasteiger partial charge in [0.05, 0.1) is 11.1 Å². The average molecular weight is 364 g/mol. The molecule has 0 aliphatic heterocycles. The lowest BCUT2D eigenvalue weighted by Crippen LogP contribution is -2.11. The third kappa shape index (κ3) is 5.26. The smallest absolute Gasteiger partial charge is 0.343 e. The number of hydrogen-bond donors (Lipinski definition) is 0. The molecular weight excluding hydrogens is 344 g/mol. The van der Waals surface area contributed by atoms with E-state index in [4.69, 9.17) is 9.47 Å². The van der Waals surface area contributed by atoms with Gasteiger partial charge in [0.25, 0.3) is 0 Å². The molecule has 0 saturated heterocycles. The molecule has 0 aliphatic carbocycles. The van der Waals surface area contributed by atoms with Crippen LogP contribution in [0.2, 0.25) is 0 Å². The Morgan fingerprint density at radius 3 is 1.15 bits per heavy atom. The third-order valence-corrected chi connectivity index (χ3v) is 3.82. The van der Waals surface area contributed by atoms with Gasteiger partial charge < -0.3 is 14.9 Å². The Balaban J connectivity index is 0.00000261. The Bertz CT molecular complexity index is 832. The van der Waals surface area contributed by atoms with Crippen molar-refractivity contribution in [3.05, 3.63) is 95.1 Å². The van der Waals surface area contributed by atoms with Crippen molar-refractivity contribution in [2.24, 2.45) is 0 Å². The number of hydrogen-bond acceptors (Lipinski definition) is 4. The van der Waals surface area contributed by atoms with Crippen LogP contribution in [0.5, 0.6) is 11.5 Å². The predicted molar refractivity (Wildman–Crippen MR) is 102 cm³/mol. The van der Waals surface area contributed by atoms with Crippen molar-refractivity contribution in [1.29, 1.82) is 0 Å². The molecule has 0 radical (unpaired) electrons. The molecule has 0 saturated carbocycles. The average Bonchev–Trinajstić information content (AvgIpc) is 2.65. The van der Waals surface area contributed by atoms with Crippen molar-refractivity contribution in [2.45, 2.75) is 13.8 Å². The van der Waals surface area contributed by atoms with Crippen LogP contribution in [0.1, 0.15) is 31.8 Å². The number of esters is 2. The summed E-state index contributed by atoms with van der Waals surface area (Å²) in [6, 6.07) is 20.6. The van der Waals surface area contributed by atoms with Gasteiger partial charge in [-0.15, -0.1) is 0 Å². The standard InChI is InChI=1S/C22H18O4.H2O/c1-15-3-11-19(12-4-15)25-21(23)17-7-9-18(10-8-17)22(24)26-20-13-5-16(2)6-14-20;/h3-14H,1-2H3;1H2. The molecular formula is C22H20O5. The van der Waals surface area contributed by atoms with E-state index in [1.54, 1.807) is 48.5 Å². The summed E-state index contributed by atoms with van der Waals surface area (Å²) in [4.78, 5) is 24.3. The summed E-state index contributed by atoms with van der Waals surface area (Å²) < 4.78 is 10.6. The van der Waals surface area contributed by atoms with Crippen LogP contribution in [-0.2, 0) is 0 Å². The van der Waals surface area contributed by atoms with E-state index in [9.17, 15) is 9.59 Å². The van der Waals surface area contributed by atoms with Crippen LogP contribution in [-0.4, -0.2) is 17.4 Å². The quantitative estimate of drug-likeness (QED) is 0.519. The zero-order chi connectivity index (χ0) is 18.5. The maximum atomic E-state index is 12.2. The van der Waals surface area contributed by atoms with Gasteiger partial charge >= 0.3 is 11.9 Å². The number of aryl methyl sites for hydroxylation is 2. The lowest BCUT2D eigenvalue weighted by molar-refractivity contribution is 0.0720. The molecule has 0 heterocycles. The maximum absolute atomic E-state index is 12.2. The highest BCUT2D eigenvalue weighted by Gasteiger charge is 2.12. The van der Waals surface area contributed by atoms with Gasteiger partial charge in [-0.2, -0.15) is 0 Å². The van der Waals surface area contributed by atoms with Gasteiger partial charge in [0.15, 0.2) is 0 Å². The van der Waals surface area contributed by atoms with Crippen LogP contribution in [0.4, 0.5) is 0 Å². The second-order valence-corrected chi connectivity index (χ2v) is 5.98. The first kappa shape index (κ1) is 19.9. The Labute approximate surface area is 157 Å². The van der Waals surface area contributed by atoms with Crippen molar-refractivity contribution >= 4 is 11.9 Å². The van der Waals surface area contributed by atoms with E-state index in [0.717, 1.165) is 11.1 Å². The molecule has 0 fully saturated rings. The van der Waals surface area contributed by atoms with Crippen LogP contribution in [0.15, 0.2) is 72.8 Å². The third-order valence-electron chi connectivity index (χ3n) is 3.82. The number of benzene rings is 3. The van der Waals surface area contributed by atoms with E-state index >= 15 is 0 Å². The molecule has 3 aromatic rings. The second-order valence-electron chi connectivity index (χ2n) is 5.98. The lowest BCUT2D eigenvalue weighted by atomic mass is 10.1. The molecule has 3 rings (SSSR count). The summed E-state index contributed by atoms with van der Waals surface area (Å²) in [6.45, 7) is 3.92. The van der Waals surface area contributed by atoms with Crippen LogP contribution < -0.4 is 9.47 Å². The van der Waals surface area contributed by atoms with E-state index in [1.165, 1.54) is 0 Å². The molecule has 0 bridgehead atoms. The van der Waals surface area contributed by atoms with Gasteiger partial charge in [-0.1, -0.05) is 35.4 Å². The SMILES string of the molecule is Cc1ccc(OC(=O)c2ccc(C(=O)Oc3ccc(C)cc3)cc2)cc1.O. The van der Waals surface area contributed by atoms with E-state index in [-0.39, 0.29) is 5.48 Å². The zero-order valence-electron chi connectivity index (χ0n) is 15.1. The van der Waals surface area contributed by atoms with Gasteiger partial charge in [-0.25, -0.2) is 9.59 Å². The minimum absolute atomic E-state index is 0. The molecule has 27 heavy (non-hydrogen) atoms. The highest BCUT2D eigenvalue weighted by molar-refractivity contribution is 5.94. The van der Waals surface area contributed by atoms with Crippen LogP contribution in [0.25, 0.3) is 0 Å². The van der Waals surface area contributed by atoms with Gasteiger partial charge in [0.2, 0.25) is 0 Å². The van der Waals surface area contributed by atoms with Crippen molar-refractivity contribution in [3.63, 3.8) is 0 Å². The first-order chi connectivity index (χ1) is 12.5. The largest absolute Gasteiger partial charge is 0.423 e. The first-order valence-corrected chi connectivity index (χ1v) is 8.19. The molecule has 2 N–H and O–H groups in total. The summed E-state index contributed by atoms with van der Waals surface area (Å²) >= 11 is 0. The Morgan fingerprint density at radius 1 is 0.556 bits per heavy atom. The summed E-state index contributed by atoms with van der Waals surface area (Å²) in [5.74, 6) is -0.00785. The monoisotopic (exact) mass is 364 g/mol. The van der Waals surface area contributed by atoms with Gasteiger partial charge in [-0.05, 0) is 62.4 Å². The maximum Gasteiger partial charge on any atom is 0.343 e. The summed E-state index contributed by atoms with van der Waals surface area (Å²) in [7, 11) is 0. The Morgan fingerprint density at radius 2 is 0.852 bits per heavy atom. The Kier molecular flexibility index (Phi) is 6.46. The van der Waals surface area contributed by atoms with Crippen molar-refractivity contribution < 1.29 is 24.5 Å². The highest BCUT2D eigenvalue weighted by Crippen LogP contribution is 2.16. The molecule has 0 aliphatic rings. The lowest BCUT2D eigenvalue weighted by Gasteiger charge is -2.07. The van der Waals surface area contributed by atoms with E-state index < -0.39 is 11.9 Å². The highest BCUT2D eigenvalue weighted by atomic mass is 16.5. The fourth-order valence-corrected chi connectivity index (χ4v) is 2.29. The Hall–Kier alpha value is -3.44. The van der Waals surface area contributed by atoms with Crippen molar-refractivity contribution in [3.8, 4) is 11.5 Å². The number of carbonyl (C=O) groups is 2. The molecule has 138 valence electrons. The first-order valence-electron chi connectivity index (χ1n) is 8.19. The summed E-state index contributed by atoms with van der Waals surface area (Å²) in [5.41, 5.74) is 2.89. The number of ether oxygens (including phenoxy) is 2. The normalized spacial score (nSPS) is 9.85. The fraction of sp³-hybridized carbons (Fsp3) is 0.0909. The predicted octanol–water partition coefficient (Wildman–Crippen LogP) is 3.92. The summed E-state index contributed by atoms with van der Waals surface area (Å²) in [6.07, 6.45) is 0. The van der Waals surface area contributed by atoms with Crippen LogP contribution in [0.3, 0.4) is 0 Å². The van der Waals surface area contributed by atoms with Gasteiger partial charge in [-0.3, -0.25) is 0 Å². The van der Waals surface area contributed by atoms with E-state index in [0.29, 0.717) is 22.6 Å². The molecule has 3 aromatic carbocycles. The minimum atomic E-state index is -0.479. The van der Waals surface area contributed by atoms with Gasteiger partial charge in [0, 0.05) is 0 Å².